The minimum atomic E-state index is -0.733. The maximum atomic E-state index is 2.36. The molecule has 0 heterocycles. The smallest absolute Gasteiger partial charge is 0.0594 e. The number of hydrogen-bond acceptors (Lipinski definition) is 0. The molecular weight excluding hydrogens is 523 g/mol. The van der Waals surface area contributed by atoms with Gasteiger partial charge in [-0.15, -0.1) is 0 Å². The van der Waals surface area contributed by atoms with Crippen LogP contribution in [-0.4, -0.2) is 24.6 Å². The summed E-state index contributed by atoms with van der Waals surface area (Å²) in [4.78, 5) is 0. The normalized spacial score (nSPS) is 12.0. The SMILES string of the molecule is CCCCCCCCCCCCCCCCCCCC[P+](CCCCCCC)(CCCCCCC)CCCCCCC. The van der Waals surface area contributed by atoms with Crippen molar-refractivity contribution in [1.82, 2.24) is 0 Å². The summed E-state index contributed by atoms with van der Waals surface area (Å²) in [6.07, 6.45) is 55.6. The van der Waals surface area contributed by atoms with Gasteiger partial charge in [-0.1, -0.05) is 188 Å². The maximum absolute atomic E-state index is 2.36. The molecule has 0 saturated carbocycles. The standard InChI is InChI=1S/C41H86P/c1-5-9-13-17-18-19-20-21-22-23-24-25-26-27-28-29-33-37-41-42(38-34-30-14-10-6-2,39-35-31-15-11-7-3)40-36-32-16-12-8-4/h5-41H2,1-4H3/q+1. The molecule has 42 heavy (non-hydrogen) atoms. The molecule has 0 radical (unpaired) electrons. The van der Waals surface area contributed by atoms with Crippen molar-refractivity contribution < 1.29 is 0 Å². The summed E-state index contributed by atoms with van der Waals surface area (Å²) in [5, 5.41) is 0. The molecule has 0 aromatic heterocycles. The fourth-order valence-electron chi connectivity index (χ4n) is 7.17. The first-order valence-electron chi connectivity index (χ1n) is 20.6. The van der Waals surface area contributed by atoms with Gasteiger partial charge in [-0.3, -0.25) is 0 Å². The van der Waals surface area contributed by atoms with Crippen LogP contribution >= 0.6 is 7.26 Å². The molecule has 0 fully saturated rings. The molecule has 0 rings (SSSR count). The molecule has 254 valence electrons. The van der Waals surface area contributed by atoms with Crippen LogP contribution in [0.15, 0.2) is 0 Å². The van der Waals surface area contributed by atoms with E-state index in [1.807, 2.05) is 0 Å². The highest BCUT2D eigenvalue weighted by molar-refractivity contribution is 7.75. The van der Waals surface area contributed by atoms with E-state index in [4.69, 9.17) is 0 Å². The van der Waals surface area contributed by atoms with Gasteiger partial charge in [0.2, 0.25) is 0 Å². The zero-order chi connectivity index (χ0) is 30.7. The van der Waals surface area contributed by atoms with E-state index >= 15 is 0 Å². The highest BCUT2D eigenvalue weighted by Gasteiger charge is 2.34. The molecule has 0 aliphatic carbocycles. The van der Waals surface area contributed by atoms with Crippen LogP contribution < -0.4 is 0 Å². The lowest BCUT2D eigenvalue weighted by atomic mass is 10.0. The minimum Gasteiger partial charge on any atom is -0.0654 e. The van der Waals surface area contributed by atoms with Crippen molar-refractivity contribution in [2.24, 2.45) is 0 Å². The average molecular weight is 610 g/mol. The lowest BCUT2D eigenvalue weighted by molar-refractivity contribution is 0.526. The Morgan fingerprint density at radius 2 is 0.333 bits per heavy atom. The second kappa shape index (κ2) is 35.9. The van der Waals surface area contributed by atoms with Crippen LogP contribution in [0.4, 0.5) is 0 Å². The first kappa shape index (κ1) is 42.4. The van der Waals surface area contributed by atoms with Gasteiger partial charge in [-0.05, 0) is 51.4 Å². The molecule has 0 amide bonds. The second-order valence-corrected chi connectivity index (χ2v) is 19.0. The summed E-state index contributed by atoms with van der Waals surface area (Å²) in [6.45, 7) is 9.41. The first-order chi connectivity index (χ1) is 20.7. The lowest BCUT2D eigenvalue weighted by Crippen LogP contribution is -2.13. The van der Waals surface area contributed by atoms with Gasteiger partial charge < -0.3 is 0 Å². The summed E-state index contributed by atoms with van der Waals surface area (Å²) in [6, 6.07) is 0. The molecule has 0 unspecified atom stereocenters. The lowest BCUT2D eigenvalue weighted by Gasteiger charge is -2.28. The van der Waals surface area contributed by atoms with Crippen LogP contribution in [-0.2, 0) is 0 Å². The zero-order valence-corrected chi connectivity index (χ0v) is 31.5. The van der Waals surface area contributed by atoms with E-state index in [9.17, 15) is 0 Å². The zero-order valence-electron chi connectivity index (χ0n) is 30.6. The molecule has 0 aromatic rings. The molecule has 1 heteroatoms. The van der Waals surface area contributed by atoms with Gasteiger partial charge >= 0.3 is 0 Å². The molecule has 0 N–H and O–H groups in total. The van der Waals surface area contributed by atoms with Gasteiger partial charge in [-0.2, -0.15) is 0 Å². The Balaban J connectivity index is 4.21. The molecule has 0 aliphatic rings. The summed E-state index contributed by atoms with van der Waals surface area (Å²) < 4.78 is 0. The molecular formula is C41H86P+. The van der Waals surface area contributed by atoms with E-state index in [0.29, 0.717) is 0 Å². The molecule has 0 saturated heterocycles. The average Bonchev–Trinajstić information content (AvgIpc) is 3.00. The molecule has 0 nitrogen and oxygen atoms in total. The van der Waals surface area contributed by atoms with E-state index in [-0.39, 0.29) is 0 Å². The van der Waals surface area contributed by atoms with Gasteiger partial charge in [0.25, 0.3) is 0 Å². The Morgan fingerprint density at radius 3 is 0.500 bits per heavy atom. The van der Waals surface area contributed by atoms with E-state index in [1.165, 1.54) is 186 Å². The fraction of sp³-hybridized carbons (Fsp3) is 1.00. The fourth-order valence-corrected chi connectivity index (χ4v) is 12.1. The van der Waals surface area contributed by atoms with Crippen LogP contribution in [0.5, 0.6) is 0 Å². The molecule has 0 aliphatic heterocycles. The summed E-state index contributed by atoms with van der Waals surface area (Å²) in [7, 11) is -0.733. The summed E-state index contributed by atoms with van der Waals surface area (Å²) in [5.74, 6) is 0. The van der Waals surface area contributed by atoms with E-state index in [0.717, 1.165) is 0 Å². The highest BCUT2D eigenvalue weighted by Crippen LogP contribution is 2.61. The van der Waals surface area contributed by atoms with Crippen LogP contribution in [0.1, 0.15) is 240 Å². The third kappa shape index (κ3) is 30.5. The van der Waals surface area contributed by atoms with Crippen molar-refractivity contribution in [2.45, 2.75) is 240 Å². The predicted molar refractivity (Wildman–Crippen MR) is 201 cm³/mol. The van der Waals surface area contributed by atoms with Gasteiger partial charge in [0.15, 0.2) is 0 Å². The van der Waals surface area contributed by atoms with Crippen LogP contribution in [0.3, 0.4) is 0 Å². The molecule has 0 bridgehead atoms. The second-order valence-electron chi connectivity index (χ2n) is 14.5. The van der Waals surface area contributed by atoms with Crippen LogP contribution in [0.25, 0.3) is 0 Å². The van der Waals surface area contributed by atoms with Crippen molar-refractivity contribution in [3.8, 4) is 0 Å². The van der Waals surface area contributed by atoms with Gasteiger partial charge in [-0.25, -0.2) is 0 Å². The van der Waals surface area contributed by atoms with Crippen molar-refractivity contribution in [3.05, 3.63) is 0 Å². The largest absolute Gasteiger partial charge is 0.0654 e. The number of rotatable bonds is 37. The van der Waals surface area contributed by atoms with Crippen LogP contribution in [0, 0.1) is 0 Å². The minimum absolute atomic E-state index is 0.733. The topological polar surface area (TPSA) is 0 Å². The van der Waals surface area contributed by atoms with E-state index < -0.39 is 7.26 Å². The molecule has 0 spiro atoms. The molecule has 0 atom stereocenters. The van der Waals surface area contributed by atoms with Crippen LogP contribution in [0.2, 0.25) is 0 Å². The maximum Gasteiger partial charge on any atom is 0.0594 e. The Bertz CT molecular complexity index is 435. The third-order valence-electron chi connectivity index (χ3n) is 10.2. The first-order valence-corrected chi connectivity index (χ1v) is 23.1. The van der Waals surface area contributed by atoms with Crippen molar-refractivity contribution >= 4 is 7.26 Å². The van der Waals surface area contributed by atoms with E-state index in [1.54, 1.807) is 50.3 Å². The Kier molecular flexibility index (Phi) is 36.3. The summed E-state index contributed by atoms with van der Waals surface area (Å²) >= 11 is 0. The van der Waals surface area contributed by atoms with Crippen molar-refractivity contribution in [1.29, 1.82) is 0 Å². The molecule has 0 aromatic carbocycles. The van der Waals surface area contributed by atoms with Crippen molar-refractivity contribution in [2.75, 3.05) is 24.6 Å². The van der Waals surface area contributed by atoms with Crippen molar-refractivity contribution in [3.63, 3.8) is 0 Å². The summed E-state index contributed by atoms with van der Waals surface area (Å²) in [5.41, 5.74) is 0. The highest BCUT2D eigenvalue weighted by atomic mass is 31.2. The van der Waals surface area contributed by atoms with E-state index in [2.05, 4.69) is 27.7 Å². The van der Waals surface area contributed by atoms with Gasteiger partial charge in [0, 0.05) is 7.26 Å². The number of unbranched alkanes of at least 4 members (excludes halogenated alkanes) is 29. The Labute approximate surface area is 270 Å². The monoisotopic (exact) mass is 610 g/mol. The Hall–Kier alpha value is 0.430. The number of hydrogen-bond donors (Lipinski definition) is 0. The quantitative estimate of drug-likeness (QED) is 0.0485. The third-order valence-corrected chi connectivity index (χ3v) is 15.3. The van der Waals surface area contributed by atoms with Gasteiger partial charge in [0.05, 0.1) is 24.6 Å². The predicted octanol–water partition coefficient (Wildman–Crippen LogP) is 16.0. The van der Waals surface area contributed by atoms with Gasteiger partial charge in [0.1, 0.15) is 0 Å². The Morgan fingerprint density at radius 1 is 0.190 bits per heavy atom.